The maximum atomic E-state index is 12.5. The molecule has 158 valence electrons. The molecule has 3 aromatic carbocycles. The highest BCUT2D eigenvalue weighted by Crippen LogP contribution is 2.22. The first kappa shape index (κ1) is 20.6. The fraction of sp³-hybridized carbons (Fsp3) is 0.130. The van der Waals surface area contributed by atoms with Crippen molar-refractivity contribution in [2.45, 2.75) is 17.7 Å². The smallest absolute Gasteiger partial charge is 0.261 e. The van der Waals surface area contributed by atoms with Gasteiger partial charge in [0.15, 0.2) is 0 Å². The number of hydrogen-bond donors (Lipinski definition) is 2. The van der Waals surface area contributed by atoms with Crippen LogP contribution in [0.3, 0.4) is 0 Å². The molecule has 4 rings (SSSR count). The van der Waals surface area contributed by atoms with Crippen LogP contribution in [0.2, 0.25) is 0 Å². The molecule has 2 amide bonds. The Bertz CT molecular complexity index is 1190. The van der Waals surface area contributed by atoms with Crippen LogP contribution in [0.5, 0.6) is 0 Å². The van der Waals surface area contributed by atoms with Crippen molar-refractivity contribution in [1.29, 1.82) is 0 Å². The highest BCUT2D eigenvalue weighted by Gasteiger charge is 2.21. The van der Waals surface area contributed by atoms with Gasteiger partial charge in [-0.15, -0.1) is 0 Å². The Hall–Kier alpha value is -3.65. The van der Waals surface area contributed by atoms with E-state index in [0.717, 1.165) is 12.1 Å². The molecule has 1 saturated heterocycles. The van der Waals surface area contributed by atoms with Gasteiger partial charge < -0.3 is 10.2 Å². The lowest BCUT2D eigenvalue weighted by Crippen LogP contribution is -2.23. The van der Waals surface area contributed by atoms with Crippen molar-refractivity contribution >= 4 is 38.9 Å². The molecular formula is C23H21N3O4S. The first-order chi connectivity index (χ1) is 14.9. The Morgan fingerprint density at radius 2 is 1.52 bits per heavy atom. The Balaban J connectivity index is 1.41. The largest absolute Gasteiger partial charge is 0.322 e. The van der Waals surface area contributed by atoms with Gasteiger partial charge in [0.05, 0.1) is 4.90 Å². The average molecular weight is 436 g/mol. The zero-order chi connectivity index (χ0) is 21.8. The Morgan fingerprint density at radius 3 is 2.13 bits per heavy atom. The highest BCUT2D eigenvalue weighted by molar-refractivity contribution is 7.92. The van der Waals surface area contributed by atoms with Crippen molar-refractivity contribution < 1.29 is 18.0 Å². The Morgan fingerprint density at radius 1 is 0.839 bits per heavy atom. The van der Waals surface area contributed by atoms with E-state index in [1.807, 2.05) is 0 Å². The number of rotatable bonds is 6. The van der Waals surface area contributed by atoms with Crippen LogP contribution in [-0.4, -0.2) is 26.8 Å². The van der Waals surface area contributed by atoms with Crippen molar-refractivity contribution in [2.75, 3.05) is 21.5 Å². The lowest BCUT2D eigenvalue weighted by Gasteiger charge is -2.15. The number of anilines is 3. The van der Waals surface area contributed by atoms with Crippen LogP contribution in [-0.2, 0) is 14.8 Å². The molecule has 1 aliphatic heterocycles. The average Bonchev–Trinajstić information content (AvgIpc) is 3.20. The van der Waals surface area contributed by atoms with Crippen LogP contribution in [0.25, 0.3) is 0 Å². The molecule has 0 unspecified atom stereocenters. The van der Waals surface area contributed by atoms with Gasteiger partial charge in [-0.05, 0) is 67.1 Å². The topological polar surface area (TPSA) is 95.6 Å². The minimum absolute atomic E-state index is 0.0917. The Kier molecular flexibility index (Phi) is 5.73. The molecule has 1 fully saturated rings. The SMILES string of the molecule is O=C(Nc1ccc(S(=O)(=O)Nc2ccccc2)cc1)c1ccc(N2CCCC2=O)cc1. The fourth-order valence-corrected chi connectivity index (χ4v) is 4.41. The minimum atomic E-state index is -3.72. The van der Waals surface area contributed by atoms with Crippen LogP contribution in [0.1, 0.15) is 23.2 Å². The summed E-state index contributed by atoms with van der Waals surface area (Å²) in [6.07, 6.45) is 1.39. The monoisotopic (exact) mass is 435 g/mol. The van der Waals surface area contributed by atoms with Crippen molar-refractivity contribution in [1.82, 2.24) is 0 Å². The lowest BCUT2D eigenvalue weighted by atomic mass is 10.1. The molecule has 1 aliphatic rings. The van der Waals surface area contributed by atoms with E-state index in [1.54, 1.807) is 59.5 Å². The van der Waals surface area contributed by atoms with E-state index in [9.17, 15) is 18.0 Å². The van der Waals surface area contributed by atoms with Crippen LogP contribution < -0.4 is 14.9 Å². The molecule has 31 heavy (non-hydrogen) atoms. The summed E-state index contributed by atoms with van der Waals surface area (Å²) in [5.74, 6) is -0.230. The number of nitrogens with zero attached hydrogens (tertiary/aromatic N) is 1. The fourth-order valence-electron chi connectivity index (χ4n) is 3.35. The molecule has 0 bridgehead atoms. The van der Waals surface area contributed by atoms with Crippen molar-refractivity contribution in [3.8, 4) is 0 Å². The molecule has 0 aliphatic carbocycles. The summed E-state index contributed by atoms with van der Waals surface area (Å²) >= 11 is 0. The van der Waals surface area contributed by atoms with Crippen LogP contribution >= 0.6 is 0 Å². The minimum Gasteiger partial charge on any atom is -0.322 e. The summed E-state index contributed by atoms with van der Waals surface area (Å²) in [7, 11) is -3.72. The summed E-state index contributed by atoms with van der Waals surface area (Å²) in [6.45, 7) is 0.693. The third kappa shape index (κ3) is 4.75. The number of para-hydroxylation sites is 1. The van der Waals surface area contributed by atoms with Gasteiger partial charge in [-0.1, -0.05) is 18.2 Å². The van der Waals surface area contributed by atoms with E-state index in [1.165, 1.54) is 24.3 Å². The van der Waals surface area contributed by atoms with Crippen molar-refractivity contribution in [3.63, 3.8) is 0 Å². The molecule has 0 radical (unpaired) electrons. The van der Waals surface area contributed by atoms with E-state index in [0.29, 0.717) is 29.9 Å². The van der Waals surface area contributed by atoms with Gasteiger partial charge in [0.25, 0.3) is 15.9 Å². The van der Waals surface area contributed by atoms with E-state index in [4.69, 9.17) is 0 Å². The molecule has 0 spiro atoms. The second-order valence-electron chi connectivity index (χ2n) is 7.15. The lowest BCUT2D eigenvalue weighted by molar-refractivity contribution is -0.117. The number of amides is 2. The zero-order valence-corrected chi connectivity index (χ0v) is 17.4. The second kappa shape index (κ2) is 8.61. The van der Waals surface area contributed by atoms with Gasteiger partial charge in [-0.3, -0.25) is 14.3 Å². The van der Waals surface area contributed by atoms with Crippen LogP contribution in [0, 0.1) is 0 Å². The molecule has 7 nitrogen and oxygen atoms in total. The van der Waals surface area contributed by atoms with E-state index < -0.39 is 10.0 Å². The van der Waals surface area contributed by atoms with Gasteiger partial charge in [0, 0.05) is 35.6 Å². The summed E-state index contributed by atoms with van der Waals surface area (Å²) in [5.41, 5.74) is 2.17. The van der Waals surface area contributed by atoms with E-state index in [-0.39, 0.29) is 16.7 Å². The molecule has 3 aromatic rings. The Labute approximate surface area is 180 Å². The third-order valence-corrected chi connectivity index (χ3v) is 6.36. The van der Waals surface area contributed by atoms with Crippen molar-refractivity contribution in [3.05, 3.63) is 84.4 Å². The third-order valence-electron chi connectivity index (χ3n) is 4.96. The molecule has 0 atom stereocenters. The van der Waals surface area contributed by atoms with Crippen molar-refractivity contribution in [2.24, 2.45) is 0 Å². The van der Waals surface area contributed by atoms with Crippen LogP contribution in [0.4, 0.5) is 17.1 Å². The molecule has 8 heteroatoms. The van der Waals surface area contributed by atoms with Gasteiger partial charge in [0.2, 0.25) is 5.91 Å². The van der Waals surface area contributed by atoms with Gasteiger partial charge in [-0.2, -0.15) is 0 Å². The molecule has 2 N–H and O–H groups in total. The number of benzene rings is 3. The zero-order valence-electron chi connectivity index (χ0n) is 16.6. The quantitative estimate of drug-likeness (QED) is 0.614. The summed E-state index contributed by atoms with van der Waals surface area (Å²) in [4.78, 5) is 26.2. The number of nitrogens with one attached hydrogen (secondary N) is 2. The standard InChI is InChI=1S/C23H21N3O4S/c27-22-7-4-16-26(22)20-12-8-17(9-13-20)23(28)24-18-10-14-21(15-11-18)31(29,30)25-19-5-2-1-3-6-19/h1-3,5-6,8-15,25H,4,7,16H2,(H,24,28). The summed E-state index contributed by atoms with van der Waals surface area (Å²) in [6, 6.07) is 21.4. The molecule has 0 saturated carbocycles. The molecular weight excluding hydrogens is 414 g/mol. The number of sulfonamides is 1. The number of carbonyl (C=O) groups is 2. The molecule has 1 heterocycles. The number of carbonyl (C=O) groups excluding carboxylic acids is 2. The summed E-state index contributed by atoms with van der Waals surface area (Å²) in [5, 5.41) is 2.75. The van der Waals surface area contributed by atoms with Gasteiger partial charge >= 0.3 is 0 Å². The maximum Gasteiger partial charge on any atom is 0.261 e. The number of hydrogen-bond acceptors (Lipinski definition) is 4. The second-order valence-corrected chi connectivity index (χ2v) is 8.83. The van der Waals surface area contributed by atoms with Crippen LogP contribution in [0.15, 0.2) is 83.8 Å². The first-order valence-corrected chi connectivity index (χ1v) is 11.3. The molecule has 0 aromatic heterocycles. The normalized spacial score (nSPS) is 13.8. The summed E-state index contributed by atoms with van der Waals surface area (Å²) < 4.78 is 27.5. The predicted octanol–water partition coefficient (Wildman–Crippen LogP) is 3.87. The van der Waals surface area contributed by atoms with Gasteiger partial charge in [-0.25, -0.2) is 8.42 Å². The van der Waals surface area contributed by atoms with Gasteiger partial charge in [0.1, 0.15) is 0 Å². The first-order valence-electron chi connectivity index (χ1n) is 9.82. The highest BCUT2D eigenvalue weighted by atomic mass is 32.2. The van der Waals surface area contributed by atoms with E-state index >= 15 is 0 Å². The maximum absolute atomic E-state index is 12.5. The predicted molar refractivity (Wildman–Crippen MR) is 120 cm³/mol. The van der Waals surface area contributed by atoms with E-state index in [2.05, 4.69) is 10.0 Å².